The van der Waals surface area contributed by atoms with Crippen LogP contribution in [-0.4, -0.2) is 22.3 Å². The van der Waals surface area contributed by atoms with Crippen LogP contribution < -0.4 is 0 Å². The number of carboxylic acids is 1. The monoisotopic (exact) mass is 217 g/mol. The van der Waals surface area contributed by atoms with E-state index in [0.717, 1.165) is 0 Å². The van der Waals surface area contributed by atoms with Crippen molar-refractivity contribution >= 4 is 5.97 Å². The van der Waals surface area contributed by atoms with Gasteiger partial charge in [-0.05, 0) is 32.1 Å². The molecule has 0 aromatic carbocycles. The molecule has 0 heterocycles. The van der Waals surface area contributed by atoms with Gasteiger partial charge in [-0.2, -0.15) is 0 Å². The molecule has 1 rings (SSSR count). The highest BCUT2D eigenvalue weighted by Gasteiger charge is 2.41. The van der Waals surface area contributed by atoms with Gasteiger partial charge < -0.3 is 9.94 Å². The van der Waals surface area contributed by atoms with Gasteiger partial charge in [0.15, 0.2) is 0 Å². The Hall–Kier alpha value is -1.33. The molecule has 1 N–H and O–H groups in total. The third kappa shape index (κ3) is 2.57. The Balaban J connectivity index is 2.53. The molecule has 0 aromatic heterocycles. The average molecular weight is 217 g/mol. The lowest BCUT2D eigenvalue weighted by molar-refractivity contribution is -0.769. The summed E-state index contributed by atoms with van der Waals surface area (Å²) < 4.78 is 0. The SMILES string of the molecule is CCC1(C(=O)O)CCC(O[N+](=O)[O-])CC1. The van der Waals surface area contributed by atoms with Crippen LogP contribution in [-0.2, 0) is 9.63 Å². The van der Waals surface area contributed by atoms with Crippen LogP contribution in [0.1, 0.15) is 39.0 Å². The summed E-state index contributed by atoms with van der Waals surface area (Å²) in [4.78, 5) is 25.6. The van der Waals surface area contributed by atoms with Gasteiger partial charge in [0.05, 0.1) is 5.41 Å². The molecule has 6 heteroatoms. The number of rotatable bonds is 4. The molecule has 1 aliphatic rings. The maximum atomic E-state index is 11.1. The molecular formula is C9H15NO5. The first-order valence-corrected chi connectivity index (χ1v) is 5.05. The van der Waals surface area contributed by atoms with Crippen molar-refractivity contribution in [1.29, 1.82) is 0 Å². The maximum absolute atomic E-state index is 11.1. The van der Waals surface area contributed by atoms with E-state index in [0.29, 0.717) is 32.1 Å². The Labute approximate surface area is 87.3 Å². The highest BCUT2D eigenvalue weighted by Crippen LogP contribution is 2.40. The minimum atomic E-state index is -0.801. The predicted octanol–water partition coefficient (Wildman–Crippen LogP) is 1.62. The van der Waals surface area contributed by atoms with Gasteiger partial charge >= 0.3 is 5.97 Å². The highest BCUT2D eigenvalue weighted by molar-refractivity contribution is 5.74. The maximum Gasteiger partial charge on any atom is 0.309 e. The van der Waals surface area contributed by atoms with E-state index in [1.54, 1.807) is 0 Å². The Morgan fingerprint density at radius 1 is 1.60 bits per heavy atom. The molecule has 86 valence electrons. The Kier molecular flexibility index (Phi) is 3.49. The highest BCUT2D eigenvalue weighted by atomic mass is 17.0. The number of hydrogen-bond donors (Lipinski definition) is 1. The van der Waals surface area contributed by atoms with Crippen molar-refractivity contribution in [3.63, 3.8) is 0 Å². The van der Waals surface area contributed by atoms with Crippen LogP contribution in [0.25, 0.3) is 0 Å². The second-order valence-electron chi connectivity index (χ2n) is 3.97. The molecule has 0 amide bonds. The standard InChI is InChI=1S/C9H15NO5/c1-2-9(8(11)12)5-3-7(4-6-9)15-10(13)14/h7H,2-6H2,1H3,(H,11,12). The number of nitrogens with zero attached hydrogens (tertiary/aromatic N) is 1. The lowest BCUT2D eigenvalue weighted by atomic mass is 9.71. The summed E-state index contributed by atoms with van der Waals surface area (Å²) in [5.41, 5.74) is -0.698. The summed E-state index contributed by atoms with van der Waals surface area (Å²) in [6, 6.07) is 0. The number of aliphatic carboxylic acids is 1. The molecule has 0 atom stereocenters. The smallest absolute Gasteiger partial charge is 0.309 e. The van der Waals surface area contributed by atoms with Crippen molar-refractivity contribution < 1.29 is 19.8 Å². The summed E-state index contributed by atoms with van der Waals surface area (Å²) in [5, 5.41) is 18.4. The molecule has 1 fully saturated rings. The molecule has 15 heavy (non-hydrogen) atoms. The van der Waals surface area contributed by atoms with Gasteiger partial charge in [-0.3, -0.25) is 4.79 Å². The molecule has 0 bridgehead atoms. The van der Waals surface area contributed by atoms with Gasteiger partial charge in [0, 0.05) is 0 Å². The Bertz CT molecular complexity index is 257. The van der Waals surface area contributed by atoms with Crippen LogP contribution in [0.15, 0.2) is 0 Å². The van der Waals surface area contributed by atoms with E-state index < -0.39 is 22.6 Å². The molecule has 0 saturated heterocycles. The molecule has 1 aliphatic carbocycles. The second kappa shape index (κ2) is 4.46. The van der Waals surface area contributed by atoms with Gasteiger partial charge in [-0.1, -0.05) is 6.92 Å². The van der Waals surface area contributed by atoms with Gasteiger partial charge in [0.2, 0.25) is 0 Å². The van der Waals surface area contributed by atoms with Crippen LogP contribution in [0.2, 0.25) is 0 Å². The molecule has 0 radical (unpaired) electrons. The topological polar surface area (TPSA) is 89.7 Å². The molecule has 6 nitrogen and oxygen atoms in total. The zero-order valence-electron chi connectivity index (χ0n) is 8.64. The quantitative estimate of drug-likeness (QED) is 0.570. The molecular weight excluding hydrogens is 202 g/mol. The van der Waals surface area contributed by atoms with Crippen molar-refractivity contribution in [2.24, 2.45) is 5.41 Å². The fraction of sp³-hybridized carbons (Fsp3) is 0.889. The first-order valence-electron chi connectivity index (χ1n) is 5.05. The fourth-order valence-electron chi connectivity index (χ4n) is 2.09. The fourth-order valence-corrected chi connectivity index (χ4v) is 2.09. The summed E-state index contributed by atoms with van der Waals surface area (Å²) >= 11 is 0. The summed E-state index contributed by atoms with van der Waals surface area (Å²) in [5.74, 6) is -0.801. The second-order valence-corrected chi connectivity index (χ2v) is 3.97. The van der Waals surface area contributed by atoms with E-state index in [2.05, 4.69) is 4.84 Å². The van der Waals surface area contributed by atoms with E-state index in [-0.39, 0.29) is 0 Å². The molecule has 0 unspecified atom stereocenters. The van der Waals surface area contributed by atoms with Crippen LogP contribution >= 0.6 is 0 Å². The zero-order chi connectivity index (χ0) is 11.5. The third-order valence-electron chi connectivity index (χ3n) is 3.26. The van der Waals surface area contributed by atoms with E-state index >= 15 is 0 Å². The minimum absolute atomic E-state index is 0.431. The Morgan fingerprint density at radius 2 is 2.13 bits per heavy atom. The van der Waals surface area contributed by atoms with E-state index in [1.807, 2.05) is 6.92 Å². The van der Waals surface area contributed by atoms with Crippen molar-refractivity contribution in [1.82, 2.24) is 0 Å². The van der Waals surface area contributed by atoms with Crippen molar-refractivity contribution in [3.8, 4) is 0 Å². The summed E-state index contributed by atoms with van der Waals surface area (Å²) in [7, 11) is 0. The van der Waals surface area contributed by atoms with Gasteiger partial charge in [-0.25, -0.2) is 0 Å². The third-order valence-corrected chi connectivity index (χ3v) is 3.26. The average Bonchev–Trinajstić information content (AvgIpc) is 2.18. The van der Waals surface area contributed by atoms with Crippen LogP contribution in [0, 0.1) is 15.5 Å². The Morgan fingerprint density at radius 3 is 2.47 bits per heavy atom. The van der Waals surface area contributed by atoms with Crippen molar-refractivity contribution in [2.45, 2.75) is 45.1 Å². The molecule has 0 spiro atoms. The first-order chi connectivity index (χ1) is 7.00. The number of carbonyl (C=O) groups is 1. The lowest BCUT2D eigenvalue weighted by Gasteiger charge is -2.34. The molecule has 1 saturated carbocycles. The van der Waals surface area contributed by atoms with E-state index in [9.17, 15) is 14.9 Å². The first kappa shape index (κ1) is 11.7. The normalized spacial score (nSPS) is 30.9. The van der Waals surface area contributed by atoms with Gasteiger partial charge in [0.25, 0.3) is 5.09 Å². The van der Waals surface area contributed by atoms with E-state index in [4.69, 9.17) is 5.11 Å². The van der Waals surface area contributed by atoms with Crippen molar-refractivity contribution in [3.05, 3.63) is 10.1 Å². The van der Waals surface area contributed by atoms with Crippen molar-refractivity contribution in [2.75, 3.05) is 0 Å². The number of hydrogen-bond acceptors (Lipinski definition) is 4. The van der Waals surface area contributed by atoms with Crippen LogP contribution in [0.4, 0.5) is 0 Å². The minimum Gasteiger partial charge on any atom is -0.481 e. The van der Waals surface area contributed by atoms with Gasteiger partial charge in [-0.15, -0.1) is 10.1 Å². The van der Waals surface area contributed by atoms with Gasteiger partial charge in [0.1, 0.15) is 6.10 Å². The zero-order valence-corrected chi connectivity index (χ0v) is 8.64. The molecule has 0 aliphatic heterocycles. The number of carboxylic acid groups (broad SMARTS) is 1. The van der Waals surface area contributed by atoms with E-state index in [1.165, 1.54) is 0 Å². The largest absolute Gasteiger partial charge is 0.481 e. The van der Waals surface area contributed by atoms with Crippen LogP contribution in [0.5, 0.6) is 0 Å². The summed E-state index contributed by atoms with van der Waals surface area (Å²) in [6.07, 6.45) is 1.93. The summed E-state index contributed by atoms with van der Waals surface area (Å²) in [6.45, 7) is 1.84. The van der Waals surface area contributed by atoms with Crippen LogP contribution in [0.3, 0.4) is 0 Å². The lowest BCUT2D eigenvalue weighted by Crippen LogP contribution is -2.37. The predicted molar refractivity (Wildman–Crippen MR) is 50.7 cm³/mol. The molecule has 0 aromatic rings.